The van der Waals surface area contributed by atoms with E-state index < -0.39 is 194 Å². The molecular weight excluding hydrogens is 1110 g/mol. The maximum absolute atomic E-state index is 14.3. The predicted molar refractivity (Wildman–Crippen MR) is 286 cm³/mol. The van der Waals surface area contributed by atoms with Crippen LogP contribution >= 0.6 is 0 Å². The maximum Gasteiger partial charge on any atom is 0.338 e. The molecule has 7 fully saturated rings. The van der Waals surface area contributed by atoms with Gasteiger partial charge in [-0.15, -0.1) is 0 Å². The van der Waals surface area contributed by atoms with Crippen LogP contribution in [0.2, 0.25) is 0 Å². The van der Waals surface area contributed by atoms with Gasteiger partial charge in [0.05, 0.1) is 43.2 Å². The molecule has 25 heteroatoms. The molecule has 7 unspecified atom stereocenters. The van der Waals surface area contributed by atoms with Gasteiger partial charge in [-0.3, -0.25) is 4.79 Å². The number of aliphatic hydroxyl groups is 10. The van der Waals surface area contributed by atoms with E-state index in [2.05, 4.69) is 0 Å². The second-order valence-electron chi connectivity index (χ2n) is 24.5. The first-order valence-corrected chi connectivity index (χ1v) is 29.1. The molecule has 84 heavy (non-hydrogen) atoms. The molecule has 472 valence electrons. The zero-order chi connectivity index (χ0) is 61.1. The van der Waals surface area contributed by atoms with Crippen LogP contribution in [0, 0.1) is 22.7 Å². The van der Waals surface area contributed by atoms with Crippen molar-refractivity contribution in [2.45, 2.75) is 240 Å². The van der Waals surface area contributed by atoms with Crippen LogP contribution in [0.3, 0.4) is 0 Å². The summed E-state index contributed by atoms with van der Waals surface area (Å²) in [6, 6.07) is 8.32. The van der Waals surface area contributed by atoms with Crippen LogP contribution in [0.25, 0.3) is 0 Å². The second-order valence-corrected chi connectivity index (χ2v) is 24.5. The fourth-order valence-corrected chi connectivity index (χ4v) is 15.1. The second kappa shape index (κ2) is 25.5. The average molecular weight is 1200 g/mol. The van der Waals surface area contributed by atoms with Crippen molar-refractivity contribution in [3.63, 3.8) is 0 Å². The van der Waals surface area contributed by atoms with Crippen LogP contribution in [0.1, 0.15) is 104 Å². The Bertz CT molecular complexity index is 2530. The zero-order valence-corrected chi connectivity index (χ0v) is 48.9. The van der Waals surface area contributed by atoms with Crippen LogP contribution in [0.15, 0.2) is 53.6 Å². The van der Waals surface area contributed by atoms with E-state index in [-0.39, 0.29) is 42.6 Å². The Labute approximate surface area is 487 Å². The molecule has 0 aromatic heterocycles. The highest BCUT2D eigenvalue weighted by atomic mass is 16.8. The number of carbonyl (C=O) groups is 3. The molecule has 1 aromatic rings. The minimum Gasteiger partial charge on any atom is -0.454 e. The summed E-state index contributed by atoms with van der Waals surface area (Å²) >= 11 is 0. The van der Waals surface area contributed by atoms with Gasteiger partial charge in [-0.1, -0.05) is 49.8 Å². The summed E-state index contributed by atoms with van der Waals surface area (Å²) in [6.45, 7) is 10.1. The number of fused-ring (bicyclic) bond motifs is 5. The third-order valence-electron chi connectivity index (χ3n) is 19.9. The van der Waals surface area contributed by atoms with E-state index in [1.54, 1.807) is 71.0 Å². The van der Waals surface area contributed by atoms with E-state index in [0.29, 0.717) is 19.3 Å². The first-order valence-electron chi connectivity index (χ1n) is 29.1. The van der Waals surface area contributed by atoms with Crippen molar-refractivity contribution in [2.75, 3.05) is 27.4 Å². The van der Waals surface area contributed by atoms with Crippen LogP contribution in [-0.4, -0.2) is 242 Å². The van der Waals surface area contributed by atoms with Crippen LogP contribution in [0.5, 0.6) is 0 Å². The Morgan fingerprint density at radius 3 is 1.93 bits per heavy atom. The molecule has 10 N–H and O–H groups in total. The van der Waals surface area contributed by atoms with Crippen molar-refractivity contribution in [3.8, 4) is 0 Å². The Morgan fingerprint density at radius 2 is 1.30 bits per heavy atom. The number of Topliss-reactive ketones (excluding diaryl/α,β-unsaturated/α-hetero) is 1. The van der Waals surface area contributed by atoms with Gasteiger partial charge in [-0.2, -0.15) is 0 Å². The van der Waals surface area contributed by atoms with Crippen molar-refractivity contribution in [2.24, 2.45) is 22.7 Å². The normalized spacial score (nSPS) is 47.8. The first kappa shape index (κ1) is 65.0. The molecule has 0 amide bonds. The molecule has 9 rings (SSSR count). The molecule has 1 aromatic carbocycles. The van der Waals surface area contributed by atoms with Gasteiger partial charge in [0.15, 0.2) is 25.2 Å². The molecule has 0 radical (unpaired) electrons. The van der Waals surface area contributed by atoms with Gasteiger partial charge in [0.1, 0.15) is 102 Å². The van der Waals surface area contributed by atoms with E-state index in [4.69, 9.17) is 56.8 Å². The number of allylic oxidation sites excluding steroid dienone is 1. The standard InChI is InChI=1S/C59H86O25/c1-10-26(2)51(69)84-50-48(80-52(70)30-14-12-11-13-15-30)49-56(6)19-17-32(22-31(56)16-20-58(49,71)59(72)21-18-33(27(3)62)57(50,59)7)77-37-23-34(73-8)44(28(4)75-37)81-55-43(68)47(74-9)45(29(5)76-55)82-54-42(67)40(65)46(36(25-61)79-54)83-53-41(66)39(64)38(63)35(24-60)78-53/h10-16,28-29,32-50,53-55,60-61,63-68,71-72H,17-25H2,1-9H3/b26-10+/t28?,29?,32-,33+,34+,35?,36?,37-,38+,39-,40+,41?,42?,43?,44+,45+,46+,47+,48-,49+,50+,53-,54-,55-,56-,57-,58-,59+/m0/s1. The van der Waals surface area contributed by atoms with Gasteiger partial charge >= 0.3 is 11.9 Å². The summed E-state index contributed by atoms with van der Waals surface area (Å²) in [7, 11) is 2.81. The number of benzene rings is 1. The Kier molecular flexibility index (Phi) is 19.8. The van der Waals surface area contributed by atoms with Crippen molar-refractivity contribution >= 4 is 17.7 Å². The molecule has 25 nitrogen and oxygen atoms in total. The highest BCUT2D eigenvalue weighted by Crippen LogP contribution is 2.71. The lowest BCUT2D eigenvalue weighted by Crippen LogP contribution is -2.80. The number of rotatable bonds is 17. The van der Waals surface area contributed by atoms with E-state index in [1.165, 1.54) is 21.1 Å². The van der Waals surface area contributed by atoms with Gasteiger partial charge in [-0.25, -0.2) is 9.59 Å². The van der Waals surface area contributed by atoms with E-state index >= 15 is 0 Å². The fourth-order valence-electron chi connectivity index (χ4n) is 15.1. The molecule has 4 heterocycles. The molecule has 4 saturated heterocycles. The number of hydrogen-bond acceptors (Lipinski definition) is 25. The Morgan fingerprint density at radius 1 is 0.679 bits per heavy atom. The van der Waals surface area contributed by atoms with Gasteiger partial charge in [0.25, 0.3) is 0 Å². The van der Waals surface area contributed by atoms with Crippen molar-refractivity contribution in [3.05, 3.63) is 59.2 Å². The molecule has 3 saturated carbocycles. The summed E-state index contributed by atoms with van der Waals surface area (Å²) in [5.41, 5.74) is -5.13. The van der Waals surface area contributed by atoms with Crippen molar-refractivity contribution < 1.29 is 122 Å². The third kappa shape index (κ3) is 11.3. The molecule has 8 aliphatic rings. The summed E-state index contributed by atoms with van der Waals surface area (Å²) in [4.78, 5) is 41.8. The van der Waals surface area contributed by atoms with E-state index in [0.717, 1.165) is 5.57 Å². The summed E-state index contributed by atoms with van der Waals surface area (Å²) < 4.78 is 73.6. The van der Waals surface area contributed by atoms with E-state index in [9.17, 15) is 65.4 Å². The topological polar surface area (TPSA) is 364 Å². The largest absolute Gasteiger partial charge is 0.454 e. The molecule has 4 aliphatic heterocycles. The van der Waals surface area contributed by atoms with Crippen LogP contribution in [0.4, 0.5) is 0 Å². The molecule has 28 atom stereocenters. The highest BCUT2D eigenvalue weighted by molar-refractivity contribution is 5.90. The quantitative estimate of drug-likeness (QED) is 0.0546. The molecule has 0 spiro atoms. The number of aliphatic hydroxyl groups excluding tert-OH is 8. The Hall–Kier alpha value is -3.49. The van der Waals surface area contributed by atoms with Crippen LogP contribution < -0.4 is 0 Å². The molecular formula is C59H86O25. The van der Waals surface area contributed by atoms with Gasteiger partial charge in [-0.05, 0) is 90.7 Å². The van der Waals surface area contributed by atoms with Crippen molar-refractivity contribution in [1.82, 2.24) is 0 Å². The SMILES string of the molecule is C/C=C(\C)C(=O)O[C@@H]1[C@@H](OC(=O)c2ccccc2)[C@@H]2[C@@]3(C)CC[C@H](O[C@H]4C[C@@H](OC)[C@H](O[C@@H]5OC(C)[C@@H](O[C@@H]6OC(CO)[C@@H](O[C@@H]7OC(CO)[C@@H](O)[C@H](O)C7O)[C@H](O)C6O)[C@H](OC)C5O)C(C)O4)CC3=CC[C@@]2(O)[C@@]2(O)CC[C@H](C(C)=O)[C@@]12C. The lowest BCUT2D eigenvalue weighted by Gasteiger charge is -2.68. The minimum atomic E-state index is -1.98. The summed E-state index contributed by atoms with van der Waals surface area (Å²) in [5.74, 6) is -3.59. The number of methoxy groups -OCH3 is 2. The van der Waals surface area contributed by atoms with Crippen LogP contribution in [-0.2, 0) is 66.4 Å². The lowest BCUT2D eigenvalue weighted by molar-refractivity contribution is -0.384. The molecule has 4 aliphatic carbocycles. The van der Waals surface area contributed by atoms with Gasteiger partial charge in [0.2, 0.25) is 0 Å². The fraction of sp³-hybridized carbons (Fsp3) is 0.780. The summed E-state index contributed by atoms with van der Waals surface area (Å²) in [6.07, 6.45) is -24.3. The predicted octanol–water partition coefficient (Wildman–Crippen LogP) is -0.242. The molecule has 0 bridgehead atoms. The van der Waals surface area contributed by atoms with Gasteiger partial charge < -0.3 is 108 Å². The number of hydrogen-bond donors (Lipinski definition) is 10. The lowest BCUT2D eigenvalue weighted by atomic mass is 9.42. The smallest absolute Gasteiger partial charge is 0.338 e. The number of ketones is 1. The number of esters is 2. The van der Waals surface area contributed by atoms with Gasteiger partial charge in [0, 0.05) is 43.5 Å². The van der Waals surface area contributed by atoms with Crippen molar-refractivity contribution in [1.29, 1.82) is 0 Å². The highest BCUT2D eigenvalue weighted by Gasteiger charge is 2.81. The first-order chi connectivity index (χ1) is 39.8. The van der Waals surface area contributed by atoms with E-state index in [1.807, 2.05) is 13.0 Å². The number of ether oxygens (including phenoxy) is 12. The summed E-state index contributed by atoms with van der Waals surface area (Å²) in [5, 5.41) is 112. The zero-order valence-electron chi connectivity index (χ0n) is 48.9. The minimum absolute atomic E-state index is 0.0242. The number of carbonyl (C=O) groups excluding carboxylic acids is 3. The average Bonchev–Trinajstić information content (AvgIpc) is 1.25. The maximum atomic E-state index is 14.3. The third-order valence-corrected chi connectivity index (χ3v) is 19.9. The monoisotopic (exact) mass is 1190 g/mol. The Balaban J connectivity index is 0.872.